The van der Waals surface area contributed by atoms with Gasteiger partial charge in [-0.3, -0.25) is 24.0 Å². The molecule has 0 aromatic rings. The van der Waals surface area contributed by atoms with Crippen molar-refractivity contribution in [1.29, 1.82) is 0 Å². The van der Waals surface area contributed by atoms with Gasteiger partial charge in [-0.15, -0.1) is 0 Å². The van der Waals surface area contributed by atoms with Gasteiger partial charge in [0.1, 0.15) is 24.4 Å². The number of hydrogen-bond acceptors (Lipinski definition) is 10. The Morgan fingerprint density at radius 1 is 1.04 bits per heavy atom. The molecule has 0 amide bonds. The molecular weight excluding hydrogens is 316 g/mol. The van der Waals surface area contributed by atoms with E-state index in [9.17, 15) is 39.3 Å². The van der Waals surface area contributed by atoms with Crippen LogP contribution in [0, 0.1) is 5.92 Å². The number of carbonyl (C=O) groups is 5. The Bertz CT molecular complexity index is 539. The van der Waals surface area contributed by atoms with Gasteiger partial charge in [-0.2, -0.15) is 0 Å². The Hall–Kier alpha value is -1.85. The highest BCUT2D eigenvalue weighted by Gasteiger charge is 2.44. The van der Waals surface area contributed by atoms with Crippen LogP contribution in [0.1, 0.15) is 12.8 Å². The SMILES string of the molecule is O=C1CC(=O)C(CC(=O)[C@H](O)[C@@H](O)[C@H](O)[C@H](O)CO)C(=O)C1=O. The van der Waals surface area contributed by atoms with Crippen molar-refractivity contribution < 1.29 is 49.5 Å². The average molecular weight is 332 g/mol. The van der Waals surface area contributed by atoms with Gasteiger partial charge >= 0.3 is 0 Å². The first-order valence-electron chi connectivity index (χ1n) is 6.61. The third-order valence-electron chi connectivity index (χ3n) is 3.51. The molecule has 23 heavy (non-hydrogen) atoms. The number of hydrogen-bond donors (Lipinski definition) is 5. The second kappa shape index (κ2) is 7.62. The number of Topliss-reactive ketones (excluding diaryl/α,β-unsaturated/α-hetero) is 5. The molecule has 0 aromatic carbocycles. The summed E-state index contributed by atoms with van der Waals surface area (Å²) >= 11 is 0. The lowest BCUT2D eigenvalue weighted by atomic mass is 9.81. The van der Waals surface area contributed by atoms with Gasteiger partial charge in [-0.1, -0.05) is 0 Å². The van der Waals surface area contributed by atoms with Crippen LogP contribution < -0.4 is 0 Å². The fourth-order valence-electron chi connectivity index (χ4n) is 2.04. The molecule has 128 valence electrons. The van der Waals surface area contributed by atoms with Crippen LogP contribution in [0.25, 0.3) is 0 Å². The summed E-state index contributed by atoms with van der Waals surface area (Å²) in [5.74, 6) is -7.87. The molecule has 5 N–H and O–H groups in total. The van der Waals surface area contributed by atoms with E-state index >= 15 is 0 Å². The van der Waals surface area contributed by atoms with E-state index in [0.717, 1.165) is 0 Å². The van der Waals surface area contributed by atoms with Gasteiger partial charge in [0.05, 0.1) is 18.9 Å². The lowest BCUT2D eigenvalue weighted by Gasteiger charge is -2.26. The normalized spacial score (nSPS) is 24.3. The molecule has 0 bridgehead atoms. The Balaban J connectivity index is 2.78. The van der Waals surface area contributed by atoms with Crippen molar-refractivity contribution >= 4 is 28.9 Å². The summed E-state index contributed by atoms with van der Waals surface area (Å²) < 4.78 is 0. The van der Waals surface area contributed by atoms with E-state index in [1.807, 2.05) is 0 Å². The molecule has 0 aliphatic heterocycles. The molecular formula is C13H16O10. The summed E-state index contributed by atoms with van der Waals surface area (Å²) in [5.41, 5.74) is 0. The summed E-state index contributed by atoms with van der Waals surface area (Å²) in [5, 5.41) is 46.2. The van der Waals surface area contributed by atoms with Crippen LogP contribution in [-0.4, -0.2) is 85.5 Å². The van der Waals surface area contributed by atoms with Crippen LogP contribution in [0.3, 0.4) is 0 Å². The van der Waals surface area contributed by atoms with Crippen molar-refractivity contribution in [3.8, 4) is 0 Å². The van der Waals surface area contributed by atoms with E-state index in [1.54, 1.807) is 0 Å². The van der Waals surface area contributed by atoms with E-state index in [-0.39, 0.29) is 0 Å². The first kappa shape index (κ1) is 19.2. The minimum Gasteiger partial charge on any atom is -0.394 e. The maximum absolute atomic E-state index is 11.8. The van der Waals surface area contributed by atoms with Crippen LogP contribution in [-0.2, 0) is 24.0 Å². The molecule has 0 radical (unpaired) electrons. The Kier molecular flexibility index (Phi) is 6.36. The van der Waals surface area contributed by atoms with Gasteiger partial charge in [-0.05, 0) is 0 Å². The highest BCUT2D eigenvalue weighted by molar-refractivity contribution is 6.69. The summed E-state index contributed by atoms with van der Waals surface area (Å²) in [7, 11) is 0. The highest BCUT2D eigenvalue weighted by Crippen LogP contribution is 2.19. The number of aliphatic hydroxyl groups excluding tert-OH is 5. The molecule has 1 aliphatic rings. The third kappa shape index (κ3) is 4.12. The topological polar surface area (TPSA) is 186 Å². The predicted molar refractivity (Wildman–Crippen MR) is 68.9 cm³/mol. The van der Waals surface area contributed by atoms with E-state index < -0.39 is 78.7 Å². The first-order valence-corrected chi connectivity index (χ1v) is 6.61. The van der Waals surface area contributed by atoms with Gasteiger partial charge in [0.25, 0.3) is 5.78 Å². The standard InChI is InChI=1S/C13H16O10/c14-3-8(18)12(22)13(23)11(21)6(16)1-4-5(15)2-7(17)10(20)9(4)19/h4,8,11-14,18,21-23H,1-3H2/t4?,8-,11+,12-,13-/m1/s1. The molecule has 0 spiro atoms. The van der Waals surface area contributed by atoms with E-state index in [0.29, 0.717) is 0 Å². The zero-order valence-corrected chi connectivity index (χ0v) is 11.8. The zero-order chi connectivity index (χ0) is 17.9. The Morgan fingerprint density at radius 3 is 2.13 bits per heavy atom. The monoisotopic (exact) mass is 332 g/mol. The van der Waals surface area contributed by atoms with Crippen LogP contribution in [0.4, 0.5) is 0 Å². The van der Waals surface area contributed by atoms with E-state index in [2.05, 4.69) is 0 Å². The van der Waals surface area contributed by atoms with E-state index in [1.165, 1.54) is 0 Å². The second-order valence-electron chi connectivity index (χ2n) is 5.16. The van der Waals surface area contributed by atoms with Gasteiger partial charge in [0, 0.05) is 6.42 Å². The minimum atomic E-state index is -2.26. The largest absolute Gasteiger partial charge is 0.394 e. The number of aliphatic hydroxyl groups is 5. The molecule has 1 saturated carbocycles. The quantitative estimate of drug-likeness (QED) is 0.225. The Morgan fingerprint density at radius 2 is 1.61 bits per heavy atom. The van der Waals surface area contributed by atoms with Crippen LogP contribution >= 0.6 is 0 Å². The molecule has 0 saturated heterocycles. The molecule has 5 atom stereocenters. The second-order valence-corrected chi connectivity index (χ2v) is 5.16. The minimum absolute atomic E-state index is 0.826. The zero-order valence-electron chi connectivity index (χ0n) is 11.8. The van der Waals surface area contributed by atoms with Crippen molar-refractivity contribution in [2.45, 2.75) is 37.3 Å². The van der Waals surface area contributed by atoms with Gasteiger partial charge in [0.2, 0.25) is 11.6 Å². The van der Waals surface area contributed by atoms with Crippen molar-refractivity contribution in [2.24, 2.45) is 5.92 Å². The molecule has 1 aliphatic carbocycles. The number of carbonyl (C=O) groups excluding carboxylic acids is 5. The van der Waals surface area contributed by atoms with Crippen molar-refractivity contribution in [3.05, 3.63) is 0 Å². The number of ketones is 5. The van der Waals surface area contributed by atoms with Gasteiger partial charge in [-0.25, -0.2) is 0 Å². The lowest BCUT2D eigenvalue weighted by Crippen LogP contribution is -2.50. The van der Waals surface area contributed by atoms with Crippen molar-refractivity contribution in [3.63, 3.8) is 0 Å². The van der Waals surface area contributed by atoms with E-state index in [4.69, 9.17) is 10.2 Å². The van der Waals surface area contributed by atoms with Gasteiger partial charge < -0.3 is 25.5 Å². The summed E-state index contributed by atoms with van der Waals surface area (Å²) in [6.45, 7) is -0.949. The predicted octanol–water partition coefficient (Wildman–Crippen LogP) is -4.32. The highest BCUT2D eigenvalue weighted by atomic mass is 16.4. The average Bonchev–Trinajstić information content (AvgIpc) is 2.53. The fraction of sp³-hybridized carbons (Fsp3) is 0.615. The molecule has 1 fully saturated rings. The number of rotatable bonds is 7. The van der Waals surface area contributed by atoms with Gasteiger partial charge in [0.15, 0.2) is 11.6 Å². The van der Waals surface area contributed by atoms with Crippen LogP contribution in [0.2, 0.25) is 0 Å². The maximum atomic E-state index is 11.8. The maximum Gasteiger partial charge on any atom is 0.265 e. The third-order valence-corrected chi connectivity index (χ3v) is 3.51. The Labute approximate surface area is 129 Å². The fourth-order valence-corrected chi connectivity index (χ4v) is 2.04. The molecule has 1 unspecified atom stereocenters. The molecule has 0 aromatic heterocycles. The lowest BCUT2D eigenvalue weighted by molar-refractivity contribution is -0.155. The smallest absolute Gasteiger partial charge is 0.265 e. The summed E-state index contributed by atoms with van der Waals surface area (Å²) in [6, 6.07) is 0. The molecule has 10 nitrogen and oxygen atoms in total. The van der Waals surface area contributed by atoms with Crippen LogP contribution in [0.15, 0.2) is 0 Å². The molecule has 10 heteroatoms. The molecule has 1 rings (SSSR count). The summed E-state index contributed by atoms with van der Waals surface area (Å²) in [4.78, 5) is 57.2. The molecule has 0 heterocycles. The summed E-state index contributed by atoms with van der Waals surface area (Å²) in [6.07, 6.45) is -10.1. The van der Waals surface area contributed by atoms with Crippen molar-refractivity contribution in [2.75, 3.05) is 6.61 Å². The van der Waals surface area contributed by atoms with Crippen molar-refractivity contribution in [1.82, 2.24) is 0 Å². The van der Waals surface area contributed by atoms with Crippen LogP contribution in [0.5, 0.6) is 0 Å². The first-order chi connectivity index (χ1) is 10.6.